The van der Waals surface area contributed by atoms with Crippen LogP contribution in [0.1, 0.15) is 5.69 Å². The van der Waals surface area contributed by atoms with E-state index < -0.39 is 0 Å². The van der Waals surface area contributed by atoms with E-state index in [-0.39, 0.29) is 0 Å². The molecule has 0 spiro atoms. The average molecular weight is 331 g/mol. The molecule has 0 unspecified atom stereocenters. The van der Waals surface area contributed by atoms with Crippen molar-refractivity contribution in [2.45, 2.75) is 6.92 Å². The van der Waals surface area contributed by atoms with Gasteiger partial charge in [-0.3, -0.25) is 4.98 Å². The maximum Gasteiger partial charge on any atom is 0.142 e. The van der Waals surface area contributed by atoms with Gasteiger partial charge in [-0.2, -0.15) is 0 Å². The Morgan fingerprint density at radius 1 is 0.947 bits per heavy atom. The molecule has 0 saturated carbocycles. The van der Waals surface area contributed by atoms with Crippen molar-refractivity contribution in [3.8, 4) is 22.0 Å². The molecule has 4 heteroatoms. The van der Waals surface area contributed by atoms with Crippen molar-refractivity contribution in [2.24, 2.45) is 0 Å². The van der Waals surface area contributed by atoms with Crippen molar-refractivity contribution in [1.29, 1.82) is 0 Å². The van der Waals surface area contributed by atoms with E-state index in [0.717, 1.165) is 32.1 Å². The van der Waals surface area contributed by atoms with E-state index in [1.54, 1.807) is 11.3 Å². The maximum absolute atomic E-state index is 4.66. The zero-order valence-electron chi connectivity index (χ0n) is 10.3. The van der Waals surface area contributed by atoms with Gasteiger partial charge in [0.15, 0.2) is 0 Å². The first-order valence-electron chi connectivity index (χ1n) is 5.88. The number of pyridine rings is 1. The van der Waals surface area contributed by atoms with Gasteiger partial charge in [0.2, 0.25) is 0 Å². The summed E-state index contributed by atoms with van der Waals surface area (Å²) in [5.41, 5.74) is 4.07. The number of hydrogen-bond donors (Lipinski definition) is 0. The van der Waals surface area contributed by atoms with E-state index >= 15 is 0 Å². The van der Waals surface area contributed by atoms with Crippen LogP contribution in [0.5, 0.6) is 0 Å². The van der Waals surface area contributed by atoms with Gasteiger partial charge in [-0.05, 0) is 31.2 Å². The fourth-order valence-electron chi connectivity index (χ4n) is 1.81. The molecule has 1 aromatic carbocycles. The summed E-state index contributed by atoms with van der Waals surface area (Å²) in [6.07, 6.45) is 0. The first kappa shape index (κ1) is 12.5. The predicted octanol–water partition coefficient (Wildman–Crippen LogP) is 4.94. The standard InChI is InChI=1S/C15H11BrN2S/c1-10-3-2-4-13(17-10)15-18-14(9-19-15)11-5-7-12(16)8-6-11/h2-9H,1H3. The zero-order chi connectivity index (χ0) is 13.2. The Hall–Kier alpha value is -1.52. The lowest BCUT2D eigenvalue weighted by Crippen LogP contribution is -1.85. The van der Waals surface area contributed by atoms with Gasteiger partial charge in [-0.25, -0.2) is 4.98 Å². The molecule has 0 radical (unpaired) electrons. The summed E-state index contributed by atoms with van der Waals surface area (Å²) >= 11 is 5.07. The lowest BCUT2D eigenvalue weighted by molar-refractivity contribution is 1.19. The predicted molar refractivity (Wildman–Crippen MR) is 83.2 cm³/mol. The van der Waals surface area contributed by atoms with Crippen LogP contribution in [-0.2, 0) is 0 Å². The van der Waals surface area contributed by atoms with Crippen LogP contribution in [-0.4, -0.2) is 9.97 Å². The minimum atomic E-state index is 0.938. The van der Waals surface area contributed by atoms with Crippen LogP contribution < -0.4 is 0 Å². The minimum absolute atomic E-state index is 0.938. The maximum atomic E-state index is 4.66. The Kier molecular flexibility index (Phi) is 3.44. The number of halogens is 1. The Morgan fingerprint density at radius 3 is 2.47 bits per heavy atom. The van der Waals surface area contributed by atoms with Gasteiger partial charge in [-0.1, -0.05) is 34.1 Å². The highest BCUT2D eigenvalue weighted by atomic mass is 79.9. The molecule has 0 aliphatic heterocycles. The van der Waals surface area contributed by atoms with Crippen LogP contribution in [0.15, 0.2) is 52.3 Å². The summed E-state index contributed by atoms with van der Waals surface area (Å²) in [5.74, 6) is 0. The molecule has 2 heterocycles. The summed E-state index contributed by atoms with van der Waals surface area (Å²) in [5, 5.41) is 3.03. The molecule has 0 saturated heterocycles. The summed E-state index contributed by atoms with van der Waals surface area (Å²) in [4.78, 5) is 9.17. The first-order valence-corrected chi connectivity index (χ1v) is 7.55. The fourth-order valence-corrected chi connectivity index (χ4v) is 2.87. The van der Waals surface area contributed by atoms with Crippen LogP contribution in [0.4, 0.5) is 0 Å². The summed E-state index contributed by atoms with van der Waals surface area (Å²) in [7, 11) is 0. The zero-order valence-corrected chi connectivity index (χ0v) is 12.7. The van der Waals surface area contributed by atoms with E-state index in [1.807, 2.05) is 37.3 Å². The lowest BCUT2D eigenvalue weighted by Gasteiger charge is -1.98. The van der Waals surface area contributed by atoms with Crippen molar-refractivity contribution in [2.75, 3.05) is 0 Å². The second-order valence-corrected chi connectivity index (χ2v) is 5.98. The van der Waals surface area contributed by atoms with Crippen molar-refractivity contribution < 1.29 is 0 Å². The van der Waals surface area contributed by atoms with E-state index in [9.17, 15) is 0 Å². The van der Waals surface area contributed by atoms with Gasteiger partial charge in [0, 0.05) is 21.1 Å². The first-order chi connectivity index (χ1) is 9.22. The smallest absolute Gasteiger partial charge is 0.142 e. The van der Waals surface area contributed by atoms with Crippen molar-refractivity contribution >= 4 is 27.3 Å². The van der Waals surface area contributed by atoms with Crippen LogP contribution in [0, 0.1) is 6.92 Å². The summed E-state index contributed by atoms with van der Waals surface area (Å²) in [6, 6.07) is 14.2. The van der Waals surface area contributed by atoms with Crippen LogP contribution >= 0.6 is 27.3 Å². The highest BCUT2D eigenvalue weighted by Gasteiger charge is 2.07. The number of thiazole rings is 1. The third-order valence-electron chi connectivity index (χ3n) is 2.75. The Morgan fingerprint density at radius 2 is 1.74 bits per heavy atom. The highest BCUT2D eigenvalue weighted by Crippen LogP contribution is 2.28. The molecular weight excluding hydrogens is 320 g/mol. The second kappa shape index (κ2) is 5.23. The molecule has 0 atom stereocenters. The normalized spacial score (nSPS) is 10.6. The minimum Gasteiger partial charge on any atom is -0.251 e. The molecule has 0 fully saturated rings. The van der Waals surface area contributed by atoms with E-state index in [0.29, 0.717) is 0 Å². The molecule has 94 valence electrons. The molecule has 2 aromatic heterocycles. The van der Waals surface area contributed by atoms with Crippen LogP contribution in [0.3, 0.4) is 0 Å². The van der Waals surface area contributed by atoms with Gasteiger partial charge in [-0.15, -0.1) is 11.3 Å². The number of benzene rings is 1. The van der Waals surface area contributed by atoms with E-state index in [1.165, 1.54) is 0 Å². The van der Waals surface area contributed by atoms with Crippen LogP contribution in [0.2, 0.25) is 0 Å². The third-order valence-corrected chi connectivity index (χ3v) is 4.15. The monoisotopic (exact) mass is 330 g/mol. The molecule has 0 N–H and O–H groups in total. The fraction of sp³-hybridized carbons (Fsp3) is 0.0667. The van der Waals surface area contributed by atoms with E-state index in [2.05, 4.69) is 43.4 Å². The van der Waals surface area contributed by atoms with Gasteiger partial charge in [0.1, 0.15) is 5.01 Å². The summed E-state index contributed by atoms with van der Waals surface area (Å²) < 4.78 is 1.08. The quantitative estimate of drug-likeness (QED) is 0.664. The molecule has 0 aliphatic carbocycles. The number of nitrogens with zero attached hydrogens (tertiary/aromatic N) is 2. The van der Waals surface area contributed by atoms with Gasteiger partial charge in [0.25, 0.3) is 0 Å². The molecule has 19 heavy (non-hydrogen) atoms. The van der Waals surface area contributed by atoms with Crippen molar-refractivity contribution in [1.82, 2.24) is 9.97 Å². The number of rotatable bonds is 2. The Bertz CT molecular complexity index is 704. The number of hydrogen-bond acceptors (Lipinski definition) is 3. The van der Waals surface area contributed by atoms with Crippen LogP contribution in [0.25, 0.3) is 22.0 Å². The topological polar surface area (TPSA) is 25.8 Å². The highest BCUT2D eigenvalue weighted by molar-refractivity contribution is 9.10. The Labute approximate surface area is 124 Å². The van der Waals surface area contributed by atoms with Gasteiger partial charge in [0.05, 0.1) is 11.4 Å². The largest absolute Gasteiger partial charge is 0.251 e. The SMILES string of the molecule is Cc1cccc(-c2nc(-c3ccc(Br)cc3)cs2)n1. The summed E-state index contributed by atoms with van der Waals surface area (Å²) in [6.45, 7) is 1.99. The molecular formula is C15H11BrN2S. The molecule has 0 aliphatic rings. The molecule has 3 aromatic rings. The Balaban J connectivity index is 1.97. The second-order valence-electron chi connectivity index (χ2n) is 4.21. The third kappa shape index (κ3) is 2.74. The lowest BCUT2D eigenvalue weighted by atomic mass is 10.2. The van der Waals surface area contributed by atoms with Crippen molar-refractivity contribution in [3.05, 3.63) is 58.0 Å². The number of aryl methyl sites for hydroxylation is 1. The molecule has 0 amide bonds. The molecule has 0 bridgehead atoms. The van der Waals surface area contributed by atoms with Crippen molar-refractivity contribution in [3.63, 3.8) is 0 Å². The molecule has 2 nitrogen and oxygen atoms in total. The van der Waals surface area contributed by atoms with Gasteiger partial charge < -0.3 is 0 Å². The molecule has 3 rings (SSSR count). The number of aromatic nitrogens is 2. The van der Waals surface area contributed by atoms with E-state index in [4.69, 9.17) is 0 Å². The average Bonchev–Trinajstić information content (AvgIpc) is 2.89. The van der Waals surface area contributed by atoms with Gasteiger partial charge >= 0.3 is 0 Å².